The minimum atomic E-state index is -1.18. The second kappa shape index (κ2) is 5.70. The van der Waals surface area contributed by atoms with E-state index in [1.165, 1.54) is 36.2 Å². The average Bonchev–Trinajstić information content (AvgIpc) is 2.84. The lowest BCUT2D eigenvalue weighted by Crippen LogP contribution is -2.04. The van der Waals surface area contributed by atoms with E-state index in [4.69, 9.17) is 14.9 Å². The molecule has 0 aliphatic heterocycles. The zero-order valence-corrected chi connectivity index (χ0v) is 10.7. The highest BCUT2D eigenvalue weighted by Crippen LogP contribution is 2.21. The molecule has 0 aliphatic carbocycles. The lowest BCUT2D eigenvalue weighted by Gasteiger charge is -2.05. The van der Waals surface area contributed by atoms with E-state index in [-0.39, 0.29) is 24.5 Å². The third-order valence-electron chi connectivity index (χ3n) is 2.77. The summed E-state index contributed by atoms with van der Waals surface area (Å²) in [5.74, 6) is -1.66. The van der Waals surface area contributed by atoms with Crippen molar-refractivity contribution < 1.29 is 24.1 Å². The maximum Gasteiger partial charge on any atom is 0.356 e. The molecule has 1 heterocycles. The fourth-order valence-electron chi connectivity index (χ4n) is 1.82. The Kier molecular flexibility index (Phi) is 3.99. The van der Waals surface area contributed by atoms with E-state index in [2.05, 4.69) is 5.10 Å². The largest absolute Gasteiger partial charge is 0.494 e. The Balaban J connectivity index is 2.47. The number of carboxylic acid groups (broad SMARTS) is 1. The van der Waals surface area contributed by atoms with E-state index in [0.29, 0.717) is 11.3 Å². The molecule has 0 unspecified atom stereocenters. The van der Waals surface area contributed by atoms with Crippen molar-refractivity contribution >= 4 is 5.97 Å². The third-order valence-corrected chi connectivity index (χ3v) is 2.77. The molecule has 1 aromatic carbocycles. The van der Waals surface area contributed by atoms with Gasteiger partial charge >= 0.3 is 5.97 Å². The van der Waals surface area contributed by atoms with Crippen molar-refractivity contribution in [3.63, 3.8) is 0 Å². The Morgan fingerprint density at radius 1 is 1.50 bits per heavy atom. The summed E-state index contributed by atoms with van der Waals surface area (Å²) in [4.78, 5) is 11.1. The zero-order valence-electron chi connectivity index (χ0n) is 10.7. The van der Waals surface area contributed by atoms with Crippen molar-refractivity contribution in [2.24, 2.45) is 0 Å². The number of rotatable bonds is 5. The normalized spacial score (nSPS) is 10.6. The number of hydrogen-bond donors (Lipinski definition) is 2. The standard InChI is InChI=1S/C13H13FN2O4/c1-20-11-6-9(2-3-10(11)14)16-7-8(4-5-17)12(15-16)13(18)19/h2-3,6-7,17H,4-5H2,1H3,(H,18,19). The summed E-state index contributed by atoms with van der Waals surface area (Å²) in [5.41, 5.74) is 0.737. The number of aromatic carboxylic acids is 1. The summed E-state index contributed by atoms with van der Waals surface area (Å²) < 4.78 is 19.5. The monoisotopic (exact) mass is 280 g/mol. The van der Waals surface area contributed by atoms with Gasteiger partial charge in [0.2, 0.25) is 0 Å². The first-order chi connectivity index (χ1) is 9.56. The molecule has 1 aromatic heterocycles. The fraction of sp³-hybridized carbons (Fsp3) is 0.231. The molecule has 7 heteroatoms. The summed E-state index contributed by atoms with van der Waals surface area (Å²) in [7, 11) is 1.34. The first kappa shape index (κ1) is 14.0. The van der Waals surface area contributed by atoms with Crippen LogP contribution in [-0.4, -0.2) is 39.7 Å². The molecule has 2 rings (SSSR count). The van der Waals surface area contributed by atoms with Crippen LogP contribution in [0.2, 0.25) is 0 Å². The Bertz CT molecular complexity index is 639. The summed E-state index contributed by atoms with van der Waals surface area (Å²) in [6.07, 6.45) is 1.67. The molecule has 0 radical (unpaired) electrons. The van der Waals surface area contributed by atoms with Gasteiger partial charge in [0.1, 0.15) is 0 Å². The molecule has 20 heavy (non-hydrogen) atoms. The van der Waals surface area contributed by atoms with Crippen LogP contribution in [0.4, 0.5) is 4.39 Å². The molecule has 0 fully saturated rings. The second-order valence-corrected chi connectivity index (χ2v) is 4.05. The number of aliphatic hydroxyl groups excluding tert-OH is 1. The van der Waals surface area contributed by atoms with Gasteiger partial charge in [0.05, 0.1) is 12.8 Å². The van der Waals surface area contributed by atoms with Crippen LogP contribution in [0.5, 0.6) is 5.75 Å². The molecular formula is C13H13FN2O4. The van der Waals surface area contributed by atoms with Crippen molar-refractivity contribution in [1.82, 2.24) is 9.78 Å². The van der Waals surface area contributed by atoms with Crippen molar-refractivity contribution in [3.05, 3.63) is 41.5 Å². The van der Waals surface area contributed by atoms with Gasteiger partial charge in [-0.05, 0) is 18.6 Å². The van der Waals surface area contributed by atoms with Gasteiger partial charge in [-0.25, -0.2) is 13.9 Å². The maximum atomic E-state index is 13.3. The van der Waals surface area contributed by atoms with Gasteiger partial charge in [-0.3, -0.25) is 0 Å². The van der Waals surface area contributed by atoms with E-state index < -0.39 is 11.8 Å². The van der Waals surface area contributed by atoms with Gasteiger partial charge in [-0.1, -0.05) is 0 Å². The van der Waals surface area contributed by atoms with Gasteiger partial charge in [-0.2, -0.15) is 5.10 Å². The van der Waals surface area contributed by atoms with Crippen LogP contribution in [0, 0.1) is 5.82 Å². The van der Waals surface area contributed by atoms with Crippen molar-refractivity contribution in [2.45, 2.75) is 6.42 Å². The maximum absolute atomic E-state index is 13.3. The Morgan fingerprint density at radius 2 is 2.25 bits per heavy atom. The Morgan fingerprint density at radius 3 is 2.85 bits per heavy atom. The quantitative estimate of drug-likeness (QED) is 0.861. The summed E-state index contributed by atoms with van der Waals surface area (Å²) in [6.45, 7) is -0.182. The highest BCUT2D eigenvalue weighted by atomic mass is 19.1. The number of ether oxygens (including phenoxy) is 1. The number of halogens is 1. The number of methoxy groups -OCH3 is 1. The molecule has 106 valence electrons. The number of carboxylic acids is 1. The van der Waals surface area contributed by atoms with Crippen LogP contribution in [0.25, 0.3) is 5.69 Å². The molecule has 2 aromatic rings. The number of aromatic nitrogens is 2. The summed E-state index contributed by atoms with van der Waals surface area (Å²) >= 11 is 0. The van der Waals surface area contributed by atoms with Crippen LogP contribution < -0.4 is 4.74 Å². The van der Waals surface area contributed by atoms with E-state index in [1.54, 1.807) is 0 Å². The average molecular weight is 280 g/mol. The number of aliphatic hydroxyl groups is 1. The number of nitrogens with zero attached hydrogens (tertiary/aromatic N) is 2. The van der Waals surface area contributed by atoms with Gasteiger partial charge in [0.25, 0.3) is 0 Å². The zero-order chi connectivity index (χ0) is 14.7. The van der Waals surface area contributed by atoms with E-state index in [9.17, 15) is 9.18 Å². The van der Waals surface area contributed by atoms with Gasteiger partial charge in [-0.15, -0.1) is 0 Å². The van der Waals surface area contributed by atoms with Crippen LogP contribution >= 0.6 is 0 Å². The van der Waals surface area contributed by atoms with Crippen LogP contribution in [0.15, 0.2) is 24.4 Å². The minimum Gasteiger partial charge on any atom is -0.494 e. The first-order valence-corrected chi connectivity index (χ1v) is 5.83. The highest BCUT2D eigenvalue weighted by Gasteiger charge is 2.16. The lowest BCUT2D eigenvalue weighted by molar-refractivity contribution is 0.0688. The van der Waals surface area contributed by atoms with Gasteiger partial charge in [0.15, 0.2) is 17.3 Å². The molecule has 2 N–H and O–H groups in total. The van der Waals surface area contributed by atoms with Gasteiger partial charge in [0, 0.05) is 24.4 Å². The molecule has 0 spiro atoms. The minimum absolute atomic E-state index is 0.0404. The predicted molar refractivity (Wildman–Crippen MR) is 67.8 cm³/mol. The second-order valence-electron chi connectivity index (χ2n) is 4.05. The summed E-state index contributed by atoms with van der Waals surface area (Å²) in [5, 5.41) is 21.9. The van der Waals surface area contributed by atoms with E-state index >= 15 is 0 Å². The molecule has 6 nitrogen and oxygen atoms in total. The topological polar surface area (TPSA) is 84.6 Å². The number of benzene rings is 1. The Hall–Kier alpha value is -2.41. The van der Waals surface area contributed by atoms with Crippen LogP contribution in [0.3, 0.4) is 0 Å². The van der Waals surface area contributed by atoms with Crippen molar-refractivity contribution in [1.29, 1.82) is 0 Å². The number of hydrogen-bond acceptors (Lipinski definition) is 4. The molecule has 0 atom stereocenters. The van der Waals surface area contributed by atoms with Gasteiger partial charge < -0.3 is 14.9 Å². The van der Waals surface area contributed by atoms with Crippen LogP contribution in [-0.2, 0) is 6.42 Å². The number of carbonyl (C=O) groups is 1. The highest BCUT2D eigenvalue weighted by molar-refractivity contribution is 5.87. The van der Waals surface area contributed by atoms with Crippen molar-refractivity contribution in [3.8, 4) is 11.4 Å². The molecular weight excluding hydrogens is 267 g/mol. The SMILES string of the molecule is COc1cc(-n2cc(CCO)c(C(=O)O)n2)ccc1F. The molecule has 0 bridgehead atoms. The fourth-order valence-corrected chi connectivity index (χ4v) is 1.82. The molecule has 0 saturated carbocycles. The third kappa shape index (κ3) is 2.62. The summed E-state index contributed by atoms with van der Waals surface area (Å²) in [6, 6.07) is 4.08. The molecule has 0 aliphatic rings. The van der Waals surface area contributed by atoms with Crippen molar-refractivity contribution in [2.75, 3.05) is 13.7 Å². The Labute approximate surface area is 114 Å². The lowest BCUT2D eigenvalue weighted by atomic mass is 10.2. The van der Waals surface area contributed by atoms with E-state index in [1.807, 2.05) is 0 Å². The predicted octanol–water partition coefficient (Wildman–Crippen LogP) is 1.25. The van der Waals surface area contributed by atoms with Crippen LogP contribution in [0.1, 0.15) is 16.1 Å². The smallest absolute Gasteiger partial charge is 0.356 e. The molecule has 0 saturated heterocycles. The first-order valence-electron chi connectivity index (χ1n) is 5.83. The van der Waals surface area contributed by atoms with E-state index in [0.717, 1.165) is 0 Å². The molecule has 0 amide bonds.